The molecule has 4 heteroatoms. The standard InChI is InChI=1S/C16H21ClN2O/c17-15-5-3-13(4-6-15)16(20)14-7-11-19(12-8-14)10-2-1-9-18/h3-6,14,16,20H,1-2,7-8,10-12H2. The predicted molar refractivity (Wildman–Crippen MR) is 80.4 cm³/mol. The molecule has 0 aliphatic carbocycles. The lowest BCUT2D eigenvalue weighted by Crippen LogP contribution is -2.36. The molecule has 1 N–H and O–H groups in total. The van der Waals surface area contributed by atoms with Crippen LogP contribution in [0.3, 0.4) is 0 Å². The van der Waals surface area contributed by atoms with Crippen LogP contribution in [0.1, 0.15) is 37.4 Å². The van der Waals surface area contributed by atoms with E-state index in [1.54, 1.807) is 0 Å². The SMILES string of the molecule is N#CCCCN1CCC(C(O)c2ccc(Cl)cc2)CC1. The summed E-state index contributed by atoms with van der Waals surface area (Å²) < 4.78 is 0. The van der Waals surface area contributed by atoms with E-state index in [0.717, 1.165) is 44.5 Å². The molecular formula is C16H21ClN2O. The predicted octanol–water partition coefficient (Wildman–Crippen LogP) is 3.39. The highest BCUT2D eigenvalue weighted by molar-refractivity contribution is 6.30. The lowest BCUT2D eigenvalue weighted by atomic mass is 9.87. The van der Waals surface area contributed by atoms with Crippen molar-refractivity contribution in [1.82, 2.24) is 4.90 Å². The zero-order valence-corrected chi connectivity index (χ0v) is 12.4. The van der Waals surface area contributed by atoms with E-state index in [1.165, 1.54) is 0 Å². The van der Waals surface area contributed by atoms with Crippen LogP contribution in [-0.2, 0) is 0 Å². The largest absolute Gasteiger partial charge is 0.388 e. The molecule has 1 aromatic carbocycles. The zero-order valence-electron chi connectivity index (χ0n) is 11.6. The fourth-order valence-electron chi connectivity index (χ4n) is 2.81. The van der Waals surface area contributed by atoms with Crippen molar-refractivity contribution in [3.8, 4) is 6.07 Å². The molecule has 108 valence electrons. The van der Waals surface area contributed by atoms with Crippen LogP contribution in [0.25, 0.3) is 0 Å². The van der Waals surface area contributed by atoms with Crippen LogP contribution in [0.2, 0.25) is 5.02 Å². The Labute approximate surface area is 125 Å². The maximum atomic E-state index is 10.4. The molecule has 0 saturated carbocycles. The van der Waals surface area contributed by atoms with E-state index in [9.17, 15) is 5.11 Å². The highest BCUT2D eigenvalue weighted by Crippen LogP contribution is 2.31. The average Bonchev–Trinajstić information content (AvgIpc) is 2.48. The van der Waals surface area contributed by atoms with E-state index >= 15 is 0 Å². The van der Waals surface area contributed by atoms with Gasteiger partial charge in [-0.25, -0.2) is 0 Å². The van der Waals surface area contributed by atoms with Gasteiger partial charge in [-0.2, -0.15) is 5.26 Å². The number of benzene rings is 1. The number of hydrogen-bond acceptors (Lipinski definition) is 3. The van der Waals surface area contributed by atoms with Crippen LogP contribution in [0.15, 0.2) is 24.3 Å². The quantitative estimate of drug-likeness (QED) is 0.846. The number of unbranched alkanes of at least 4 members (excludes halogenated alkanes) is 1. The van der Waals surface area contributed by atoms with Crippen LogP contribution >= 0.6 is 11.6 Å². The van der Waals surface area contributed by atoms with Gasteiger partial charge in [0.2, 0.25) is 0 Å². The number of aliphatic hydroxyl groups is 1. The molecule has 1 saturated heterocycles. The van der Waals surface area contributed by atoms with Gasteiger partial charge >= 0.3 is 0 Å². The van der Waals surface area contributed by atoms with Gasteiger partial charge in [-0.3, -0.25) is 0 Å². The molecule has 1 aliphatic heterocycles. The summed E-state index contributed by atoms with van der Waals surface area (Å²) in [4.78, 5) is 2.39. The van der Waals surface area contributed by atoms with Crippen LogP contribution in [0.4, 0.5) is 0 Å². The zero-order chi connectivity index (χ0) is 14.4. The Hall–Kier alpha value is -1.08. The molecular weight excluding hydrogens is 272 g/mol. The van der Waals surface area contributed by atoms with Crippen LogP contribution in [-0.4, -0.2) is 29.6 Å². The summed E-state index contributed by atoms with van der Waals surface area (Å²) in [5.74, 6) is 0.323. The molecule has 0 bridgehead atoms. The van der Waals surface area contributed by atoms with E-state index in [1.807, 2.05) is 24.3 Å². The fraction of sp³-hybridized carbons (Fsp3) is 0.562. The Bertz CT molecular complexity index is 447. The number of halogens is 1. The molecule has 2 rings (SSSR count). The fourth-order valence-corrected chi connectivity index (χ4v) is 2.93. The molecule has 0 amide bonds. The Morgan fingerprint density at radius 1 is 1.30 bits per heavy atom. The molecule has 1 fully saturated rings. The molecule has 1 unspecified atom stereocenters. The highest BCUT2D eigenvalue weighted by atomic mass is 35.5. The van der Waals surface area contributed by atoms with Crippen LogP contribution in [0, 0.1) is 17.2 Å². The van der Waals surface area contributed by atoms with E-state index in [2.05, 4.69) is 11.0 Å². The molecule has 20 heavy (non-hydrogen) atoms. The number of nitriles is 1. The summed E-state index contributed by atoms with van der Waals surface area (Å²) in [5, 5.41) is 19.7. The maximum Gasteiger partial charge on any atom is 0.0819 e. The summed E-state index contributed by atoms with van der Waals surface area (Å²) in [6, 6.07) is 9.66. The summed E-state index contributed by atoms with van der Waals surface area (Å²) in [5.41, 5.74) is 0.956. The molecule has 1 aliphatic rings. The minimum atomic E-state index is -0.395. The summed E-state index contributed by atoms with van der Waals surface area (Å²) in [6.45, 7) is 3.03. The van der Waals surface area contributed by atoms with Crippen LogP contribution < -0.4 is 0 Å². The summed E-state index contributed by atoms with van der Waals surface area (Å²) in [7, 11) is 0. The third-order valence-corrected chi connectivity index (χ3v) is 4.31. The van der Waals surface area contributed by atoms with Crippen molar-refractivity contribution < 1.29 is 5.11 Å². The van der Waals surface area contributed by atoms with Gasteiger partial charge in [0, 0.05) is 11.4 Å². The second kappa shape index (κ2) is 7.64. The number of likely N-dealkylation sites (tertiary alicyclic amines) is 1. The van der Waals surface area contributed by atoms with Crippen LogP contribution in [0.5, 0.6) is 0 Å². The highest BCUT2D eigenvalue weighted by Gasteiger charge is 2.25. The van der Waals surface area contributed by atoms with Gasteiger partial charge < -0.3 is 10.0 Å². The second-order valence-electron chi connectivity index (χ2n) is 5.44. The first-order valence-corrected chi connectivity index (χ1v) is 7.61. The minimum Gasteiger partial charge on any atom is -0.388 e. The van der Waals surface area contributed by atoms with Gasteiger partial charge in [0.05, 0.1) is 12.2 Å². The second-order valence-corrected chi connectivity index (χ2v) is 5.87. The number of hydrogen-bond donors (Lipinski definition) is 1. The summed E-state index contributed by atoms with van der Waals surface area (Å²) in [6.07, 6.45) is 3.20. The maximum absolute atomic E-state index is 10.4. The minimum absolute atomic E-state index is 0.323. The number of piperidine rings is 1. The lowest BCUT2D eigenvalue weighted by molar-refractivity contribution is 0.0587. The first kappa shape index (κ1) is 15.3. The third-order valence-electron chi connectivity index (χ3n) is 4.05. The first-order valence-electron chi connectivity index (χ1n) is 7.23. The van der Waals surface area contributed by atoms with Crippen molar-refractivity contribution in [3.63, 3.8) is 0 Å². The van der Waals surface area contributed by atoms with E-state index < -0.39 is 6.10 Å². The molecule has 1 heterocycles. The van der Waals surface area contributed by atoms with E-state index in [4.69, 9.17) is 16.9 Å². The van der Waals surface area contributed by atoms with Crippen molar-refractivity contribution in [2.24, 2.45) is 5.92 Å². The average molecular weight is 293 g/mol. The normalized spacial score (nSPS) is 18.6. The van der Waals surface area contributed by atoms with Crippen molar-refractivity contribution in [2.75, 3.05) is 19.6 Å². The van der Waals surface area contributed by atoms with Crippen molar-refractivity contribution in [1.29, 1.82) is 5.26 Å². The van der Waals surface area contributed by atoms with Gasteiger partial charge in [-0.15, -0.1) is 0 Å². The van der Waals surface area contributed by atoms with Gasteiger partial charge in [-0.1, -0.05) is 23.7 Å². The molecule has 0 spiro atoms. The topological polar surface area (TPSA) is 47.3 Å². The summed E-state index contributed by atoms with van der Waals surface area (Å²) >= 11 is 5.87. The van der Waals surface area contributed by atoms with E-state index in [-0.39, 0.29) is 0 Å². The number of aliphatic hydroxyl groups excluding tert-OH is 1. The van der Waals surface area contributed by atoms with Crippen molar-refractivity contribution in [2.45, 2.75) is 31.8 Å². The number of nitrogens with zero attached hydrogens (tertiary/aromatic N) is 2. The Kier molecular flexibility index (Phi) is 5.85. The molecule has 0 aromatic heterocycles. The molecule has 0 radical (unpaired) electrons. The number of rotatable bonds is 5. The third kappa shape index (κ3) is 4.21. The lowest BCUT2D eigenvalue weighted by Gasteiger charge is -2.34. The molecule has 3 nitrogen and oxygen atoms in total. The van der Waals surface area contributed by atoms with Crippen molar-refractivity contribution >= 4 is 11.6 Å². The molecule has 1 aromatic rings. The monoisotopic (exact) mass is 292 g/mol. The van der Waals surface area contributed by atoms with Crippen molar-refractivity contribution in [3.05, 3.63) is 34.9 Å². The van der Waals surface area contributed by atoms with Gasteiger partial charge in [0.15, 0.2) is 0 Å². The van der Waals surface area contributed by atoms with Gasteiger partial charge in [-0.05, 0) is 62.5 Å². The Balaban J connectivity index is 1.81. The van der Waals surface area contributed by atoms with Gasteiger partial charge in [0.25, 0.3) is 0 Å². The Morgan fingerprint density at radius 3 is 2.55 bits per heavy atom. The van der Waals surface area contributed by atoms with Gasteiger partial charge in [0.1, 0.15) is 0 Å². The first-order chi connectivity index (χ1) is 9.70. The Morgan fingerprint density at radius 2 is 1.95 bits per heavy atom. The smallest absolute Gasteiger partial charge is 0.0819 e. The molecule has 1 atom stereocenters. The van der Waals surface area contributed by atoms with E-state index in [0.29, 0.717) is 17.4 Å².